The molecule has 176 valence electrons. The van der Waals surface area contributed by atoms with Crippen LogP contribution in [0.4, 0.5) is 16.2 Å². The van der Waals surface area contributed by atoms with Gasteiger partial charge in [-0.15, -0.1) is 0 Å². The van der Waals surface area contributed by atoms with Crippen molar-refractivity contribution in [2.24, 2.45) is 0 Å². The van der Waals surface area contributed by atoms with Crippen LogP contribution in [0.25, 0.3) is 6.08 Å². The number of anilines is 2. The highest BCUT2D eigenvalue weighted by molar-refractivity contribution is 6.02. The zero-order chi connectivity index (χ0) is 23.6. The van der Waals surface area contributed by atoms with Crippen LogP contribution in [0.2, 0.25) is 0 Å². The van der Waals surface area contributed by atoms with Crippen molar-refractivity contribution < 1.29 is 28.5 Å². The topological polar surface area (TPSA) is 107 Å². The number of amides is 3. The lowest BCUT2D eigenvalue weighted by Gasteiger charge is -2.12. The normalized spacial score (nSPS) is 15.2. The van der Waals surface area contributed by atoms with Gasteiger partial charge in [-0.3, -0.25) is 4.79 Å². The number of carbonyl (C=O) groups excluding carboxylic acids is 2. The van der Waals surface area contributed by atoms with Crippen LogP contribution in [0.5, 0.6) is 17.2 Å². The lowest BCUT2D eigenvalue weighted by atomic mass is 10.1. The van der Waals surface area contributed by atoms with Gasteiger partial charge in [0.25, 0.3) is 0 Å². The maximum absolute atomic E-state index is 12.3. The van der Waals surface area contributed by atoms with Crippen molar-refractivity contribution >= 4 is 29.4 Å². The molecule has 1 aliphatic rings. The second kappa shape index (κ2) is 11.8. The first kappa shape index (κ1) is 23.9. The first-order valence-electron chi connectivity index (χ1n) is 10.6. The van der Waals surface area contributed by atoms with E-state index in [-0.39, 0.29) is 18.0 Å². The van der Waals surface area contributed by atoms with Crippen molar-refractivity contribution in [1.29, 1.82) is 0 Å². The van der Waals surface area contributed by atoms with Crippen LogP contribution >= 0.6 is 0 Å². The molecular formula is C24H29N3O6. The number of carbonyl (C=O) groups is 2. The van der Waals surface area contributed by atoms with Gasteiger partial charge in [0.15, 0.2) is 11.5 Å². The molecule has 1 saturated heterocycles. The molecule has 2 aromatic carbocycles. The summed E-state index contributed by atoms with van der Waals surface area (Å²) in [5, 5.41) is 8.33. The lowest BCUT2D eigenvalue weighted by Crippen LogP contribution is -2.35. The van der Waals surface area contributed by atoms with Gasteiger partial charge in [0.2, 0.25) is 11.7 Å². The maximum atomic E-state index is 12.3. The number of hydrogen-bond donors (Lipinski definition) is 3. The summed E-state index contributed by atoms with van der Waals surface area (Å²) in [6.07, 6.45) is 5.13. The Morgan fingerprint density at radius 2 is 1.64 bits per heavy atom. The first-order chi connectivity index (χ1) is 16.0. The molecular weight excluding hydrogens is 426 g/mol. The Bertz CT molecular complexity index is 959. The standard InChI is InChI=1S/C24H29N3O6/c1-30-20-13-16(14-21(31-2)23(20)32-3)6-11-22(28)26-17-7-9-18(10-8-17)27-24(29)25-15-19-5-4-12-33-19/h6-11,13-14,19H,4-5,12,15H2,1-3H3,(H,26,28)(H2,25,27,29)/b11-6+. The fraction of sp³-hybridized carbons (Fsp3) is 0.333. The van der Waals surface area contributed by atoms with Crippen molar-refractivity contribution in [3.63, 3.8) is 0 Å². The van der Waals surface area contributed by atoms with Crippen molar-refractivity contribution in [1.82, 2.24) is 5.32 Å². The zero-order valence-corrected chi connectivity index (χ0v) is 19.0. The number of benzene rings is 2. The first-order valence-corrected chi connectivity index (χ1v) is 10.6. The van der Waals surface area contributed by atoms with E-state index in [1.807, 2.05) is 0 Å². The molecule has 0 spiro atoms. The molecule has 3 N–H and O–H groups in total. The van der Waals surface area contributed by atoms with E-state index in [1.165, 1.54) is 27.4 Å². The van der Waals surface area contributed by atoms with E-state index >= 15 is 0 Å². The summed E-state index contributed by atoms with van der Waals surface area (Å²) >= 11 is 0. The van der Waals surface area contributed by atoms with Crippen LogP contribution in [-0.2, 0) is 9.53 Å². The monoisotopic (exact) mass is 455 g/mol. The summed E-state index contributed by atoms with van der Waals surface area (Å²) in [7, 11) is 4.59. The van der Waals surface area contributed by atoms with E-state index in [2.05, 4.69) is 16.0 Å². The molecule has 9 heteroatoms. The third-order valence-corrected chi connectivity index (χ3v) is 5.04. The van der Waals surface area contributed by atoms with Crippen LogP contribution in [0.15, 0.2) is 42.5 Å². The minimum atomic E-state index is -0.307. The molecule has 1 heterocycles. The Morgan fingerprint density at radius 1 is 1.00 bits per heavy atom. The van der Waals surface area contributed by atoms with Crippen LogP contribution < -0.4 is 30.2 Å². The van der Waals surface area contributed by atoms with E-state index < -0.39 is 0 Å². The summed E-state index contributed by atoms with van der Waals surface area (Å²) < 4.78 is 21.4. The van der Waals surface area contributed by atoms with Gasteiger partial charge in [0.05, 0.1) is 27.4 Å². The number of hydrogen-bond acceptors (Lipinski definition) is 6. The predicted octanol–water partition coefficient (Wildman–Crippen LogP) is 3.66. The Hall–Kier alpha value is -3.72. The van der Waals surface area contributed by atoms with Crippen molar-refractivity contribution in [2.45, 2.75) is 18.9 Å². The lowest BCUT2D eigenvalue weighted by molar-refractivity contribution is -0.111. The number of ether oxygens (including phenoxy) is 4. The van der Waals surface area contributed by atoms with Crippen molar-refractivity contribution in [3.05, 3.63) is 48.0 Å². The van der Waals surface area contributed by atoms with Gasteiger partial charge in [-0.1, -0.05) is 0 Å². The van der Waals surface area contributed by atoms with Crippen LogP contribution in [-0.4, -0.2) is 52.5 Å². The Kier molecular flexibility index (Phi) is 8.54. The highest BCUT2D eigenvalue weighted by atomic mass is 16.5. The Balaban J connectivity index is 1.53. The van der Waals surface area contributed by atoms with Crippen LogP contribution in [0, 0.1) is 0 Å². The van der Waals surface area contributed by atoms with Crippen LogP contribution in [0.3, 0.4) is 0 Å². The van der Waals surface area contributed by atoms with E-state index in [4.69, 9.17) is 18.9 Å². The van der Waals surface area contributed by atoms with Gasteiger partial charge in [-0.25, -0.2) is 4.79 Å². The molecule has 3 amide bonds. The van der Waals surface area contributed by atoms with Gasteiger partial charge in [0, 0.05) is 30.6 Å². The summed E-state index contributed by atoms with van der Waals surface area (Å²) in [5.41, 5.74) is 1.93. The molecule has 2 aromatic rings. The Morgan fingerprint density at radius 3 is 2.18 bits per heavy atom. The molecule has 1 unspecified atom stereocenters. The number of nitrogens with one attached hydrogen (secondary N) is 3. The maximum Gasteiger partial charge on any atom is 0.319 e. The summed E-state index contributed by atoms with van der Waals surface area (Å²) in [6, 6.07) is 10.0. The highest BCUT2D eigenvalue weighted by Gasteiger charge is 2.16. The molecule has 0 aliphatic carbocycles. The predicted molar refractivity (Wildman–Crippen MR) is 126 cm³/mol. The van der Waals surface area contributed by atoms with E-state index in [1.54, 1.807) is 42.5 Å². The molecule has 3 rings (SSSR count). The quantitative estimate of drug-likeness (QED) is 0.498. The molecule has 1 fully saturated rings. The smallest absolute Gasteiger partial charge is 0.319 e. The molecule has 1 atom stereocenters. The SMILES string of the molecule is COc1cc(/C=C/C(=O)Nc2ccc(NC(=O)NCC3CCCO3)cc2)cc(OC)c1OC. The van der Waals surface area contributed by atoms with Gasteiger partial charge in [-0.2, -0.15) is 0 Å². The second-order valence-corrected chi connectivity index (χ2v) is 7.33. The van der Waals surface area contributed by atoms with Crippen molar-refractivity contribution in [2.75, 3.05) is 45.1 Å². The largest absolute Gasteiger partial charge is 0.493 e. The average molecular weight is 456 g/mol. The molecule has 0 bridgehead atoms. The second-order valence-electron chi connectivity index (χ2n) is 7.33. The average Bonchev–Trinajstić information content (AvgIpc) is 3.35. The summed E-state index contributed by atoms with van der Waals surface area (Å²) in [5.74, 6) is 1.18. The fourth-order valence-electron chi connectivity index (χ4n) is 3.38. The van der Waals surface area contributed by atoms with Gasteiger partial charge in [0.1, 0.15) is 0 Å². The number of methoxy groups -OCH3 is 3. The Labute approximate surface area is 193 Å². The molecule has 0 saturated carbocycles. The van der Waals surface area contributed by atoms with E-state index in [0.717, 1.165) is 19.4 Å². The van der Waals surface area contributed by atoms with E-state index in [9.17, 15) is 9.59 Å². The molecule has 9 nitrogen and oxygen atoms in total. The zero-order valence-electron chi connectivity index (χ0n) is 19.0. The van der Waals surface area contributed by atoms with Crippen LogP contribution in [0.1, 0.15) is 18.4 Å². The molecule has 33 heavy (non-hydrogen) atoms. The van der Waals surface area contributed by atoms with Gasteiger partial charge in [-0.05, 0) is 60.9 Å². The van der Waals surface area contributed by atoms with Crippen molar-refractivity contribution in [3.8, 4) is 17.2 Å². The molecule has 0 aromatic heterocycles. The highest BCUT2D eigenvalue weighted by Crippen LogP contribution is 2.38. The molecule has 1 aliphatic heterocycles. The minimum absolute atomic E-state index is 0.0847. The third kappa shape index (κ3) is 6.88. The number of urea groups is 1. The van der Waals surface area contributed by atoms with Gasteiger partial charge < -0.3 is 34.9 Å². The third-order valence-electron chi connectivity index (χ3n) is 5.04. The fourth-order valence-corrected chi connectivity index (χ4v) is 3.38. The van der Waals surface area contributed by atoms with Gasteiger partial charge >= 0.3 is 6.03 Å². The summed E-state index contributed by atoms with van der Waals surface area (Å²) in [6.45, 7) is 1.23. The minimum Gasteiger partial charge on any atom is -0.493 e. The van der Waals surface area contributed by atoms with E-state index in [0.29, 0.717) is 40.7 Å². The number of rotatable bonds is 9. The molecule has 0 radical (unpaired) electrons. The summed E-state index contributed by atoms with van der Waals surface area (Å²) in [4.78, 5) is 24.3.